The van der Waals surface area contributed by atoms with Gasteiger partial charge in [-0.1, -0.05) is 72.8 Å². The van der Waals surface area contributed by atoms with Gasteiger partial charge in [-0.3, -0.25) is 0 Å². The second-order valence-corrected chi connectivity index (χ2v) is 8.52. The van der Waals surface area contributed by atoms with E-state index in [0.29, 0.717) is 11.1 Å². The zero-order valence-corrected chi connectivity index (χ0v) is 18.0. The smallest absolute Gasteiger partial charge is 0.146 e. The van der Waals surface area contributed by atoms with Crippen molar-refractivity contribution < 1.29 is 15.0 Å². The van der Waals surface area contributed by atoms with Gasteiger partial charge in [0.1, 0.15) is 23.1 Å². The number of aliphatic hydroxyl groups is 2. The van der Waals surface area contributed by atoms with Gasteiger partial charge in [0.25, 0.3) is 0 Å². The van der Waals surface area contributed by atoms with E-state index in [-0.39, 0.29) is 12.4 Å². The molecule has 0 bridgehead atoms. The Labute approximate surface area is 190 Å². The third-order valence-corrected chi connectivity index (χ3v) is 6.69. The lowest BCUT2D eigenvalue weighted by atomic mass is 9.88. The number of carbonyl (C=O) groups excluding carboxylic acids is 1. The van der Waals surface area contributed by atoms with Crippen LogP contribution in [-0.4, -0.2) is 22.5 Å². The molecule has 0 amide bonds. The first-order valence-electron chi connectivity index (χ1n) is 10.3. The number of fused-ring (bicyclic) bond motifs is 1. The Morgan fingerprint density at radius 2 is 1.56 bits per heavy atom. The molecule has 1 aromatic heterocycles. The Morgan fingerprint density at radius 3 is 2.22 bits per heavy atom. The van der Waals surface area contributed by atoms with Gasteiger partial charge in [-0.15, -0.1) is 11.3 Å². The molecule has 5 rings (SSSR count). The summed E-state index contributed by atoms with van der Waals surface area (Å²) in [6, 6.07) is 24.8. The molecule has 0 saturated carbocycles. The molecule has 3 N–H and O–H groups in total. The monoisotopic (exact) mass is 439 g/mol. The topological polar surface area (TPSA) is 69.6 Å². The fraction of sp³-hybridized carbons (Fsp3) is 0.0741. The zero-order valence-electron chi connectivity index (χ0n) is 17.2. The second-order valence-electron chi connectivity index (χ2n) is 7.64. The van der Waals surface area contributed by atoms with Crippen LogP contribution in [0.5, 0.6) is 0 Å². The molecule has 5 heteroatoms. The average molecular weight is 440 g/mol. The average Bonchev–Trinajstić information content (AvgIpc) is 3.28. The fourth-order valence-corrected chi connectivity index (χ4v) is 5.20. The minimum absolute atomic E-state index is 0.0901. The molecule has 4 aromatic rings. The highest BCUT2D eigenvalue weighted by atomic mass is 32.1. The molecule has 1 unspecified atom stereocenters. The van der Waals surface area contributed by atoms with Gasteiger partial charge in [0.15, 0.2) is 0 Å². The maximum Gasteiger partial charge on any atom is 0.146 e. The third-order valence-electron chi connectivity index (χ3n) is 5.78. The van der Waals surface area contributed by atoms with Crippen LogP contribution < -0.4 is 5.32 Å². The number of hydrogen-bond acceptors (Lipinski definition) is 5. The summed E-state index contributed by atoms with van der Waals surface area (Å²) in [5.41, 5.74) is 6.57. The highest BCUT2D eigenvalue weighted by molar-refractivity contribution is 7.15. The maximum atomic E-state index is 11.8. The van der Waals surface area contributed by atoms with Crippen LogP contribution in [0, 0.1) is 0 Å². The van der Waals surface area contributed by atoms with E-state index in [1.54, 1.807) is 0 Å². The second kappa shape index (κ2) is 8.46. The van der Waals surface area contributed by atoms with E-state index in [2.05, 4.69) is 5.32 Å². The van der Waals surface area contributed by atoms with Crippen molar-refractivity contribution >= 4 is 34.0 Å². The maximum absolute atomic E-state index is 11.8. The van der Waals surface area contributed by atoms with E-state index in [9.17, 15) is 15.0 Å². The van der Waals surface area contributed by atoms with Crippen LogP contribution in [-0.2, 0) is 11.4 Å². The molecule has 1 atom stereocenters. The van der Waals surface area contributed by atoms with Gasteiger partial charge in [0, 0.05) is 16.5 Å². The van der Waals surface area contributed by atoms with Crippen molar-refractivity contribution in [2.24, 2.45) is 0 Å². The van der Waals surface area contributed by atoms with Gasteiger partial charge in [-0.05, 0) is 33.9 Å². The Kier molecular flexibility index (Phi) is 5.35. The normalized spacial score (nSPS) is 15.2. The van der Waals surface area contributed by atoms with E-state index in [1.807, 2.05) is 84.2 Å². The van der Waals surface area contributed by atoms with E-state index in [4.69, 9.17) is 0 Å². The molecule has 3 aromatic carbocycles. The van der Waals surface area contributed by atoms with Crippen LogP contribution in [0.15, 0.2) is 84.2 Å². The molecule has 4 nitrogen and oxygen atoms in total. The van der Waals surface area contributed by atoms with Crippen LogP contribution in [0.25, 0.3) is 33.6 Å². The van der Waals surface area contributed by atoms with E-state index in [0.717, 1.165) is 44.7 Å². The van der Waals surface area contributed by atoms with Gasteiger partial charge in [0.05, 0.1) is 12.2 Å². The number of aliphatic hydroxyl groups excluding tert-OH is 2. The number of aldehydes is 1. The van der Waals surface area contributed by atoms with Crippen LogP contribution in [0.3, 0.4) is 0 Å². The fourth-order valence-electron chi connectivity index (χ4n) is 4.20. The molecule has 1 aliphatic rings. The van der Waals surface area contributed by atoms with E-state index in [1.165, 1.54) is 11.3 Å². The van der Waals surface area contributed by atoms with Gasteiger partial charge in [-0.25, -0.2) is 0 Å². The molecule has 0 radical (unpaired) electrons. The van der Waals surface area contributed by atoms with Crippen molar-refractivity contribution in [1.82, 2.24) is 0 Å². The summed E-state index contributed by atoms with van der Waals surface area (Å²) in [6.07, 6.45) is 0.816. The number of hydrogen-bond donors (Lipinski definition) is 3. The minimum atomic E-state index is -0.635. The van der Waals surface area contributed by atoms with Crippen molar-refractivity contribution in [3.63, 3.8) is 0 Å². The number of nitrogens with one attached hydrogen (secondary N) is 1. The van der Waals surface area contributed by atoms with Gasteiger partial charge >= 0.3 is 0 Å². The van der Waals surface area contributed by atoms with Gasteiger partial charge < -0.3 is 20.3 Å². The Bertz CT molecular complexity index is 1310. The number of benzene rings is 3. The van der Waals surface area contributed by atoms with E-state index < -0.39 is 6.04 Å². The van der Waals surface area contributed by atoms with Crippen molar-refractivity contribution in [2.75, 3.05) is 5.32 Å². The molecule has 0 spiro atoms. The zero-order chi connectivity index (χ0) is 22.1. The lowest BCUT2D eigenvalue weighted by Crippen LogP contribution is -2.27. The van der Waals surface area contributed by atoms with Crippen LogP contribution in [0.4, 0.5) is 5.00 Å². The quantitative estimate of drug-likeness (QED) is 0.334. The Morgan fingerprint density at radius 1 is 0.875 bits per heavy atom. The summed E-state index contributed by atoms with van der Waals surface area (Å²) in [5.74, 6) is 0.0901. The van der Waals surface area contributed by atoms with Crippen molar-refractivity contribution in [1.29, 1.82) is 0 Å². The molecule has 0 aliphatic carbocycles. The van der Waals surface area contributed by atoms with Crippen molar-refractivity contribution in [3.05, 3.63) is 101 Å². The summed E-state index contributed by atoms with van der Waals surface area (Å²) < 4.78 is 0. The molecule has 32 heavy (non-hydrogen) atoms. The van der Waals surface area contributed by atoms with Crippen LogP contribution in [0.2, 0.25) is 0 Å². The number of anilines is 1. The molecular weight excluding hydrogens is 418 g/mol. The van der Waals surface area contributed by atoms with Gasteiger partial charge in [-0.2, -0.15) is 0 Å². The summed E-state index contributed by atoms with van der Waals surface area (Å²) in [5, 5.41) is 27.4. The molecule has 0 saturated heterocycles. The molecule has 0 fully saturated rings. The third kappa shape index (κ3) is 3.42. The standard InChI is InChI=1S/C27H21NO3S/c29-14-20-12-11-19(17-7-3-1-4-8-17)13-21(20)22-16-32-27-25(22)26(31)24(23(15-30)28-27)18-9-5-2-6-10-18/h1-13,15-16,23,28-29,31H,14H2. The molecule has 1 aliphatic heterocycles. The Balaban J connectivity index is 1.71. The lowest BCUT2D eigenvalue weighted by Gasteiger charge is -2.25. The van der Waals surface area contributed by atoms with Crippen molar-refractivity contribution in [3.8, 4) is 22.3 Å². The van der Waals surface area contributed by atoms with E-state index >= 15 is 0 Å². The largest absolute Gasteiger partial charge is 0.507 e. The summed E-state index contributed by atoms with van der Waals surface area (Å²) in [6.45, 7) is -0.116. The lowest BCUT2D eigenvalue weighted by molar-refractivity contribution is -0.107. The Hall–Kier alpha value is -3.67. The molecular formula is C27H21NO3S. The summed E-state index contributed by atoms with van der Waals surface area (Å²) in [4.78, 5) is 11.8. The molecule has 158 valence electrons. The summed E-state index contributed by atoms with van der Waals surface area (Å²) >= 11 is 1.44. The number of thiophene rings is 1. The van der Waals surface area contributed by atoms with Crippen molar-refractivity contribution in [2.45, 2.75) is 12.6 Å². The SMILES string of the molecule is O=CC1Nc2scc(-c3cc(-c4ccccc4)ccc3CO)c2C(O)=C1c1ccccc1. The summed E-state index contributed by atoms with van der Waals surface area (Å²) in [7, 11) is 0. The predicted molar refractivity (Wildman–Crippen MR) is 130 cm³/mol. The van der Waals surface area contributed by atoms with Gasteiger partial charge in [0.2, 0.25) is 0 Å². The first-order valence-corrected chi connectivity index (χ1v) is 11.2. The highest BCUT2D eigenvalue weighted by Gasteiger charge is 2.31. The highest BCUT2D eigenvalue weighted by Crippen LogP contribution is 2.47. The number of rotatable bonds is 5. The molecule has 2 heterocycles. The first kappa shape index (κ1) is 20.2. The van der Waals surface area contributed by atoms with Crippen LogP contribution in [0.1, 0.15) is 16.7 Å². The predicted octanol–water partition coefficient (Wildman–Crippen LogP) is 5.99. The number of carbonyl (C=O) groups is 1. The first-order chi connectivity index (χ1) is 15.7. The minimum Gasteiger partial charge on any atom is -0.507 e. The van der Waals surface area contributed by atoms with Crippen LogP contribution >= 0.6 is 11.3 Å².